The number of fused-ring (bicyclic) bond motifs is 1. The van der Waals surface area contributed by atoms with E-state index in [1.807, 2.05) is 30.5 Å². The molecule has 0 atom stereocenters. The Morgan fingerprint density at radius 1 is 1.17 bits per heavy atom. The Balaban J connectivity index is 2.79. The summed E-state index contributed by atoms with van der Waals surface area (Å²) in [5.74, 6) is 0.656. The van der Waals surface area contributed by atoms with Crippen LogP contribution in [0, 0.1) is 0 Å². The van der Waals surface area contributed by atoms with Crippen molar-refractivity contribution < 1.29 is 0 Å². The van der Waals surface area contributed by atoms with Gasteiger partial charge in [0.25, 0.3) is 0 Å². The SMILES string of the molecule is [S]Cc1ccnc2ccccc12. The lowest BCUT2D eigenvalue weighted by atomic mass is 10.1. The van der Waals surface area contributed by atoms with Gasteiger partial charge in [-0.25, -0.2) is 0 Å². The van der Waals surface area contributed by atoms with E-state index in [1.54, 1.807) is 0 Å². The van der Waals surface area contributed by atoms with Gasteiger partial charge in [-0.05, 0) is 17.7 Å². The average Bonchev–Trinajstić information content (AvgIpc) is 2.17. The van der Waals surface area contributed by atoms with E-state index in [4.69, 9.17) is 12.6 Å². The van der Waals surface area contributed by atoms with Crippen LogP contribution in [-0.2, 0) is 5.75 Å². The van der Waals surface area contributed by atoms with Crippen LogP contribution in [0.1, 0.15) is 5.56 Å². The minimum absolute atomic E-state index is 0.656. The molecule has 59 valence electrons. The molecule has 1 heterocycles. The second-order valence-electron chi connectivity index (χ2n) is 2.63. The van der Waals surface area contributed by atoms with Crippen molar-refractivity contribution in [1.82, 2.24) is 4.98 Å². The van der Waals surface area contributed by atoms with Crippen molar-refractivity contribution >= 4 is 23.5 Å². The summed E-state index contributed by atoms with van der Waals surface area (Å²) in [5, 5.41) is 1.18. The van der Waals surface area contributed by atoms with Crippen LogP contribution < -0.4 is 0 Å². The Morgan fingerprint density at radius 2 is 2.00 bits per heavy atom. The monoisotopic (exact) mass is 174 g/mol. The summed E-state index contributed by atoms with van der Waals surface area (Å²) in [4.78, 5) is 4.24. The van der Waals surface area contributed by atoms with Crippen LogP contribution in [0.25, 0.3) is 10.9 Å². The topological polar surface area (TPSA) is 12.9 Å². The first-order valence-electron chi connectivity index (χ1n) is 3.82. The maximum absolute atomic E-state index is 5.02. The van der Waals surface area contributed by atoms with Crippen molar-refractivity contribution in [2.24, 2.45) is 0 Å². The highest BCUT2D eigenvalue weighted by molar-refractivity contribution is 7.79. The fourth-order valence-corrected chi connectivity index (χ4v) is 1.53. The third kappa shape index (κ3) is 1.18. The van der Waals surface area contributed by atoms with Gasteiger partial charge in [0.15, 0.2) is 0 Å². The molecule has 12 heavy (non-hydrogen) atoms. The highest BCUT2D eigenvalue weighted by atomic mass is 32.1. The summed E-state index contributed by atoms with van der Waals surface area (Å²) in [6, 6.07) is 10.0. The van der Waals surface area contributed by atoms with Crippen LogP contribution in [0.3, 0.4) is 0 Å². The first-order valence-corrected chi connectivity index (χ1v) is 4.40. The van der Waals surface area contributed by atoms with E-state index in [0.717, 1.165) is 5.52 Å². The molecule has 0 amide bonds. The summed E-state index contributed by atoms with van der Waals surface area (Å²) in [5.41, 5.74) is 2.22. The van der Waals surface area contributed by atoms with Gasteiger partial charge in [-0.1, -0.05) is 30.8 Å². The van der Waals surface area contributed by atoms with E-state index in [2.05, 4.69) is 11.1 Å². The van der Waals surface area contributed by atoms with Crippen LogP contribution in [0.4, 0.5) is 0 Å². The Kier molecular flexibility index (Phi) is 2.00. The van der Waals surface area contributed by atoms with E-state index in [0.29, 0.717) is 5.75 Å². The molecule has 0 aliphatic carbocycles. The first kappa shape index (κ1) is 7.62. The molecule has 0 unspecified atom stereocenters. The van der Waals surface area contributed by atoms with Gasteiger partial charge in [-0.2, -0.15) is 0 Å². The van der Waals surface area contributed by atoms with Crippen molar-refractivity contribution in [2.45, 2.75) is 5.75 Å². The molecule has 1 radical (unpaired) electrons. The largest absolute Gasteiger partial charge is 0.256 e. The predicted octanol–water partition coefficient (Wildman–Crippen LogP) is 2.93. The van der Waals surface area contributed by atoms with Crippen molar-refractivity contribution in [3.63, 3.8) is 0 Å². The second kappa shape index (κ2) is 3.15. The molecule has 1 aromatic heterocycles. The maximum atomic E-state index is 5.02. The molecule has 2 aromatic rings. The Labute approximate surface area is 76.9 Å². The molecular weight excluding hydrogens is 166 g/mol. The molecule has 2 heteroatoms. The van der Waals surface area contributed by atoms with Crippen LogP contribution >= 0.6 is 12.6 Å². The minimum atomic E-state index is 0.656. The molecular formula is C10H8NS. The van der Waals surface area contributed by atoms with Gasteiger partial charge in [0.1, 0.15) is 0 Å². The van der Waals surface area contributed by atoms with Crippen LogP contribution in [0.15, 0.2) is 36.5 Å². The number of hydrogen-bond donors (Lipinski definition) is 0. The lowest BCUT2D eigenvalue weighted by Gasteiger charge is -2.00. The summed E-state index contributed by atoms with van der Waals surface area (Å²) in [6.07, 6.45) is 1.81. The van der Waals surface area contributed by atoms with Crippen molar-refractivity contribution in [2.75, 3.05) is 0 Å². The van der Waals surface area contributed by atoms with E-state index < -0.39 is 0 Å². The summed E-state index contributed by atoms with van der Waals surface area (Å²) < 4.78 is 0. The standard InChI is InChI=1S/C10H8NS/c12-7-8-5-6-11-10-4-2-1-3-9(8)10/h1-6H,7H2. The van der Waals surface area contributed by atoms with Gasteiger partial charge in [0.2, 0.25) is 0 Å². The summed E-state index contributed by atoms with van der Waals surface area (Å²) in [6.45, 7) is 0. The second-order valence-corrected chi connectivity index (χ2v) is 2.92. The Hall–Kier alpha value is -1.02. The van der Waals surface area contributed by atoms with Gasteiger partial charge in [0, 0.05) is 17.3 Å². The highest BCUT2D eigenvalue weighted by Gasteiger charge is 1.97. The Morgan fingerprint density at radius 3 is 2.83 bits per heavy atom. The first-order chi connectivity index (χ1) is 5.92. The molecule has 0 aliphatic rings. The van der Waals surface area contributed by atoms with Crippen LogP contribution in [-0.4, -0.2) is 4.98 Å². The van der Waals surface area contributed by atoms with E-state index >= 15 is 0 Å². The smallest absolute Gasteiger partial charge is 0.0705 e. The molecule has 0 fully saturated rings. The average molecular weight is 174 g/mol. The van der Waals surface area contributed by atoms with Gasteiger partial charge in [-0.3, -0.25) is 4.98 Å². The molecule has 0 saturated heterocycles. The van der Waals surface area contributed by atoms with Crippen molar-refractivity contribution in [3.05, 3.63) is 42.1 Å². The normalized spacial score (nSPS) is 10.4. The predicted molar refractivity (Wildman–Crippen MR) is 53.0 cm³/mol. The fourth-order valence-electron chi connectivity index (χ4n) is 1.28. The number of para-hydroxylation sites is 1. The van der Waals surface area contributed by atoms with Crippen LogP contribution in [0.2, 0.25) is 0 Å². The highest BCUT2D eigenvalue weighted by Crippen LogP contribution is 2.16. The molecule has 1 nitrogen and oxygen atoms in total. The number of benzene rings is 1. The summed E-state index contributed by atoms with van der Waals surface area (Å²) >= 11 is 5.02. The third-order valence-corrected chi connectivity index (χ3v) is 2.21. The lowest BCUT2D eigenvalue weighted by molar-refractivity contribution is 1.35. The number of pyridine rings is 1. The van der Waals surface area contributed by atoms with E-state index in [1.165, 1.54) is 10.9 Å². The minimum Gasteiger partial charge on any atom is -0.256 e. The number of rotatable bonds is 1. The van der Waals surface area contributed by atoms with E-state index in [9.17, 15) is 0 Å². The molecule has 1 aromatic carbocycles. The van der Waals surface area contributed by atoms with Crippen LogP contribution in [0.5, 0.6) is 0 Å². The fraction of sp³-hybridized carbons (Fsp3) is 0.100. The van der Waals surface area contributed by atoms with Gasteiger partial charge in [-0.15, -0.1) is 0 Å². The number of hydrogen-bond acceptors (Lipinski definition) is 1. The zero-order valence-corrected chi connectivity index (χ0v) is 7.34. The maximum Gasteiger partial charge on any atom is 0.0705 e. The molecule has 2 rings (SSSR count). The van der Waals surface area contributed by atoms with E-state index in [-0.39, 0.29) is 0 Å². The number of aromatic nitrogens is 1. The molecule has 0 aliphatic heterocycles. The number of nitrogens with zero attached hydrogens (tertiary/aromatic N) is 1. The molecule has 0 bridgehead atoms. The lowest BCUT2D eigenvalue weighted by Crippen LogP contribution is -1.83. The third-order valence-electron chi connectivity index (χ3n) is 1.89. The van der Waals surface area contributed by atoms with Crippen molar-refractivity contribution in [1.29, 1.82) is 0 Å². The summed E-state index contributed by atoms with van der Waals surface area (Å²) in [7, 11) is 0. The zero-order chi connectivity index (χ0) is 8.39. The quantitative estimate of drug-likeness (QED) is 0.647. The zero-order valence-electron chi connectivity index (χ0n) is 6.53. The molecule has 0 spiro atoms. The molecule has 0 saturated carbocycles. The molecule has 0 N–H and O–H groups in total. The van der Waals surface area contributed by atoms with Gasteiger partial charge in [0.05, 0.1) is 5.52 Å². The van der Waals surface area contributed by atoms with Crippen molar-refractivity contribution in [3.8, 4) is 0 Å². The van der Waals surface area contributed by atoms with Gasteiger partial charge >= 0.3 is 0 Å². The van der Waals surface area contributed by atoms with Gasteiger partial charge < -0.3 is 0 Å². The Bertz CT molecular complexity index is 392.